The zero-order chi connectivity index (χ0) is 25.7. The van der Waals surface area contributed by atoms with Crippen LogP contribution in [0.1, 0.15) is 31.9 Å². The summed E-state index contributed by atoms with van der Waals surface area (Å²) in [5.41, 5.74) is 1.77. The van der Waals surface area contributed by atoms with E-state index in [2.05, 4.69) is 19.9 Å². The zero-order valence-electron chi connectivity index (χ0n) is 19.2. The Morgan fingerprint density at radius 1 is 0.972 bits per heavy atom. The Kier molecular flexibility index (Phi) is 5.80. The number of nitrogens with one attached hydrogen (secondary N) is 2. The van der Waals surface area contributed by atoms with Gasteiger partial charge in [0.25, 0.3) is 5.92 Å². The number of hydrogen-bond donors (Lipinski definition) is 2. The monoisotopic (exact) mass is 503 g/mol. The minimum Gasteiger partial charge on any atom is -0.346 e. The zero-order valence-corrected chi connectivity index (χ0v) is 19.2. The summed E-state index contributed by atoms with van der Waals surface area (Å²) >= 11 is 0. The molecule has 1 saturated heterocycles. The maximum absolute atomic E-state index is 13.7. The van der Waals surface area contributed by atoms with Gasteiger partial charge < -0.3 is 14.9 Å². The van der Waals surface area contributed by atoms with Crippen LogP contribution in [0, 0.1) is 0 Å². The van der Waals surface area contributed by atoms with Gasteiger partial charge in [0.2, 0.25) is 5.56 Å². The first-order valence-electron chi connectivity index (χ1n) is 11.4. The first-order valence-corrected chi connectivity index (χ1v) is 11.4. The topological polar surface area (TPSA) is 77.7 Å². The Bertz CT molecular complexity index is 1450. The summed E-state index contributed by atoms with van der Waals surface area (Å²) < 4.78 is 68.0. The second kappa shape index (κ2) is 8.72. The van der Waals surface area contributed by atoms with Crippen molar-refractivity contribution in [2.75, 3.05) is 11.4 Å². The highest BCUT2D eigenvalue weighted by atomic mass is 19.4. The summed E-state index contributed by atoms with van der Waals surface area (Å²) in [5.74, 6) is -2.95. The number of pyridine rings is 3. The number of rotatable bonds is 4. The van der Waals surface area contributed by atoms with Crippen molar-refractivity contribution in [1.82, 2.24) is 19.9 Å². The van der Waals surface area contributed by atoms with Gasteiger partial charge in [-0.15, -0.1) is 0 Å². The Hall–Kier alpha value is -3.76. The van der Waals surface area contributed by atoms with E-state index in [9.17, 15) is 26.7 Å². The molecular formula is C25H22F5N5O. The van der Waals surface area contributed by atoms with E-state index < -0.39 is 23.7 Å². The van der Waals surface area contributed by atoms with Crippen molar-refractivity contribution in [1.29, 1.82) is 0 Å². The fourth-order valence-electron chi connectivity index (χ4n) is 4.65. The minimum absolute atomic E-state index is 0.0345. The summed E-state index contributed by atoms with van der Waals surface area (Å²) in [6.07, 6.45) is -0.539. The van der Waals surface area contributed by atoms with Crippen molar-refractivity contribution in [3.05, 3.63) is 64.8 Å². The lowest BCUT2D eigenvalue weighted by atomic mass is 10.0. The molecule has 4 aromatic heterocycles. The van der Waals surface area contributed by atoms with Crippen molar-refractivity contribution in [2.45, 2.75) is 44.3 Å². The van der Waals surface area contributed by atoms with Crippen LogP contribution in [0.15, 0.2) is 53.6 Å². The molecule has 6 nitrogen and oxygen atoms in total. The normalized spacial score (nSPS) is 17.1. The van der Waals surface area contributed by atoms with Crippen LogP contribution in [0.2, 0.25) is 0 Å². The predicted octanol–water partition coefficient (Wildman–Crippen LogP) is 6.01. The van der Waals surface area contributed by atoms with E-state index in [-0.39, 0.29) is 24.5 Å². The van der Waals surface area contributed by atoms with Gasteiger partial charge in [-0.05, 0) is 60.7 Å². The van der Waals surface area contributed by atoms with Gasteiger partial charge in [-0.3, -0.25) is 9.78 Å². The molecule has 1 aliphatic rings. The average Bonchev–Trinajstić information content (AvgIpc) is 3.27. The molecule has 1 unspecified atom stereocenters. The second-order valence-electron chi connectivity index (χ2n) is 8.99. The summed E-state index contributed by atoms with van der Waals surface area (Å²) in [5, 5.41) is 0.625. The van der Waals surface area contributed by atoms with E-state index in [1.807, 2.05) is 0 Å². The highest BCUT2D eigenvalue weighted by Crippen LogP contribution is 2.37. The number of piperidine rings is 1. The second-order valence-corrected chi connectivity index (χ2v) is 8.99. The van der Waals surface area contributed by atoms with Crippen molar-refractivity contribution in [3.63, 3.8) is 0 Å². The molecule has 0 aromatic carbocycles. The van der Waals surface area contributed by atoms with Crippen LogP contribution < -0.4 is 10.5 Å². The van der Waals surface area contributed by atoms with Gasteiger partial charge in [0.05, 0.1) is 0 Å². The van der Waals surface area contributed by atoms with Crippen molar-refractivity contribution in [2.24, 2.45) is 0 Å². The number of H-pyrrole nitrogens is 2. The molecule has 1 aliphatic heterocycles. The van der Waals surface area contributed by atoms with Gasteiger partial charge >= 0.3 is 6.18 Å². The van der Waals surface area contributed by atoms with E-state index in [1.54, 1.807) is 18.2 Å². The largest absolute Gasteiger partial charge is 0.408 e. The molecule has 0 spiro atoms. The predicted molar refractivity (Wildman–Crippen MR) is 126 cm³/mol. The first-order chi connectivity index (χ1) is 17.0. The van der Waals surface area contributed by atoms with Gasteiger partial charge in [-0.2, -0.15) is 22.0 Å². The smallest absolute Gasteiger partial charge is 0.346 e. The van der Waals surface area contributed by atoms with E-state index >= 15 is 0 Å². The van der Waals surface area contributed by atoms with Crippen molar-refractivity contribution in [3.8, 4) is 22.4 Å². The van der Waals surface area contributed by atoms with E-state index in [0.29, 0.717) is 46.3 Å². The molecular weight excluding hydrogens is 481 g/mol. The molecule has 0 amide bonds. The van der Waals surface area contributed by atoms with Crippen LogP contribution >= 0.6 is 0 Å². The quantitative estimate of drug-likeness (QED) is 0.334. The number of halogens is 5. The molecule has 2 N–H and O–H groups in total. The van der Waals surface area contributed by atoms with Gasteiger partial charge in [-0.1, -0.05) is 0 Å². The number of hydrogen-bond acceptors (Lipinski definition) is 4. The molecule has 5 rings (SSSR count). The summed E-state index contributed by atoms with van der Waals surface area (Å²) in [6.45, 7) is 0.953. The third-order valence-electron chi connectivity index (χ3n) is 6.39. The Morgan fingerprint density at radius 2 is 1.78 bits per heavy atom. The number of aromatic amines is 2. The maximum Gasteiger partial charge on any atom is 0.408 e. The first kappa shape index (κ1) is 24.0. The number of alkyl halides is 5. The number of aromatic nitrogens is 4. The third-order valence-corrected chi connectivity index (χ3v) is 6.39. The molecule has 1 atom stereocenters. The van der Waals surface area contributed by atoms with E-state index in [4.69, 9.17) is 0 Å². The van der Waals surface area contributed by atoms with Crippen molar-refractivity contribution >= 4 is 16.9 Å². The molecule has 36 heavy (non-hydrogen) atoms. The lowest BCUT2D eigenvalue weighted by Gasteiger charge is -2.38. The van der Waals surface area contributed by atoms with Crippen LogP contribution in [-0.2, 0) is 5.92 Å². The Morgan fingerprint density at radius 3 is 2.47 bits per heavy atom. The highest BCUT2D eigenvalue weighted by Gasteiger charge is 2.45. The van der Waals surface area contributed by atoms with Gasteiger partial charge in [0.15, 0.2) is 0 Å². The Labute approximate surface area is 202 Å². The molecule has 5 heterocycles. The van der Waals surface area contributed by atoms with Gasteiger partial charge in [-0.25, -0.2) is 4.98 Å². The summed E-state index contributed by atoms with van der Waals surface area (Å²) in [6, 6.07) is 7.40. The molecule has 11 heteroatoms. The molecule has 4 aromatic rings. The van der Waals surface area contributed by atoms with Crippen LogP contribution in [-0.4, -0.2) is 38.7 Å². The highest BCUT2D eigenvalue weighted by molar-refractivity contribution is 5.96. The van der Waals surface area contributed by atoms with E-state index in [0.717, 1.165) is 6.92 Å². The molecule has 0 bridgehead atoms. The fraction of sp³-hybridized carbons (Fsp3) is 0.320. The minimum atomic E-state index is -4.42. The lowest BCUT2D eigenvalue weighted by molar-refractivity contribution is -0.152. The standard InChI is InChI=1S/C25H22F5N5O/c1-24(26,27)19-6-5-14(13-32-19)18-12-17-16(7-8-31-23(17)33-18)15-10-21(34-22(36)11-15)35-9-3-2-4-20(35)25(28,29)30/h5-8,10-13,20H,2-4,9H2,1H3,(H,31,33)(H,34,36). The van der Waals surface area contributed by atoms with Crippen LogP contribution in [0.4, 0.5) is 27.8 Å². The van der Waals surface area contributed by atoms with Gasteiger partial charge in [0.1, 0.15) is 23.2 Å². The summed E-state index contributed by atoms with van der Waals surface area (Å²) in [4.78, 5) is 27.6. The summed E-state index contributed by atoms with van der Waals surface area (Å²) in [7, 11) is 0. The molecule has 0 saturated carbocycles. The van der Waals surface area contributed by atoms with Crippen LogP contribution in [0.25, 0.3) is 33.4 Å². The Balaban J connectivity index is 1.56. The fourth-order valence-corrected chi connectivity index (χ4v) is 4.65. The van der Waals surface area contributed by atoms with Gasteiger partial charge in [0, 0.05) is 48.6 Å². The molecule has 0 radical (unpaired) electrons. The van der Waals surface area contributed by atoms with Crippen molar-refractivity contribution < 1.29 is 22.0 Å². The number of anilines is 1. The number of fused-ring (bicyclic) bond motifs is 1. The maximum atomic E-state index is 13.7. The lowest BCUT2D eigenvalue weighted by Crippen LogP contribution is -2.49. The SMILES string of the molecule is CC(F)(F)c1ccc(-c2cc3c(-c4cc(N5CCCCC5C(F)(F)F)[nH]c(=O)c4)ccnc3[nH]2)cn1. The average molecular weight is 503 g/mol. The van der Waals surface area contributed by atoms with Crippen LogP contribution in [0.3, 0.4) is 0 Å². The third kappa shape index (κ3) is 4.57. The van der Waals surface area contributed by atoms with Crippen LogP contribution in [0.5, 0.6) is 0 Å². The molecule has 188 valence electrons. The molecule has 1 fully saturated rings. The molecule has 0 aliphatic carbocycles. The number of nitrogens with zero attached hydrogens (tertiary/aromatic N) is 3. The van der Waals surface area contributed by atoms with E-state index in [1.165, 1.54) is 35.5 Å².